The second-order valence-corrected chi connectivity index (χ2v) is 6.64. The second kappa shape index (κ2) is 8.68. The van der Waals surface area contributed by atoms with Crippen molar-refractivity contribution in [3.05, 3.63) is 28.8 Å². The van der Waals surface area contributed by atoms with Crippen molar-refractivity contribution in [2.45, 2.75) is 40.2 Å². The summed E-state index contributed by atoms with van der Waals surface area (Å²) in [6.07, 6.45) is 0.372. The molecule has 0 aliphatic carbocycles. The summed E-state index contributed by atoms with van der Waals surface area (Å²) in [6.45, 7) is 6.99. The van der Waals surface area contributed by atoms with Gasteiger partial charge in [-0.1, -0.05) is 25.4 Å². The Morgan fingerprint density at radius 3 is 2.33 bits per heavy atom. The number of hydrogen-bond donors (Lipinski definition) is 3. The molecule has 6 nitrogen and oxygen atoms in total. The van der Waals surface area contributed by atoms with Crippen molar-refractivity contribution in [2.24, 2.45) is 11.8 Å². The molecular formula is C17H23ClN2O4. The van der Waals surface area contributed by atoms with E-state index < -0.39 is 23.8 Å². The molecule has 3 N–H and O–H groups in total. The molecule has 132 valence electrons. The maximum atomic E-state index is 12.3. The van der Waals surface area contributed by atoms with E-state index in [1.54, 1.807) is 13.0 Å². The fraction of sp³-hybridized carbons (Fsp3) is 0.471. The lowest BCUT2D eigenvalue weighted by Crippen LogP contribution is -2.40. The fourth-order valence-corrected chi connectivity index (χ4v) is 2.19. The molecule has 1 rings (SSSR count). The van der Waals surface area contributed by atoms with Gasteiger partial charge in [-0.25, -0.2) is 0 Å². The normalized spacial score (nSPS) is 13.2. The third-order valence-electron chi connectivity index (χ3n) is 3.59. The van der Waals surface area contributed by atoms with Crippen molar-refractivity contribution in [1.82, 2.24) is 5.32 Å². The Bertz CT molecular complexity index is 631. The molecule has 0 heterocycles. The number of nitrogens with one attached hydrogen (secondary N) is 2. The highest BCUT2D eigenvalue weighted by atomic mass is 35.5. The molecule has 0 bridgehead atoms. The Balaban J connectivity index is 2.87. The minimum Gasteiger partial charge on any atom is -0.481 e. The highest BCUT2D eigenvalue weighted by Gasteiger charge is 2.22. The molecule has 0 saturated carbocycles. The first-order chi connectivity index (χ1) is 11.1. The van der Waals surface area contributed by atoms with Gasteiger partial charge >= 0.3 is 5.97 Å². The molecule has 0 saturated heterocycles. The molecule has 2 amide bonds. The van der Waals surface area contributed by atoms with Crippen molar-refractivity contribution in [3.63, 3.8) is 0 Å². The summed E-state index contributed by atoms with van der Waals surface area (Å²) in [7, 11) is 0. The molecule has 24 heavy (non-hydrogen) atoms. The zero-order chi connectivity index (χ0) is 18.4. The van der Waals surface area contributed by atoms with Crippen LogP contribution in [-0.2, 0) is 9.59 Å². The predicted octanol–water partition coefficient (Wildman–Crippen LogP) is 3.16. The van der Waals surface area contributed by atoms with Gasteiger partial charge in [-0.2, -0.15) is 0 Å². The van der Waals surface area contributed by atoms with Gasteiger partial charge < -0.3 is 15.7 Å². The van der Waals surface area contributed by atoms with E-state index >= 15 is 0 Å². The summed E-state index contributed by atoms with van der Waals surface area (Å²) >= 11 is 6.05. The Kier molecular flexibility index (Phi) is 7.22. The summed E-state index contributed by atoms with van der Waals surface area (Å²) in [5.41, 5.74) is 0.651. The lowest BCUT2D eigenvalue weighted by Gasteiger charge is -2.18. The Hall–Kier alpha value is -2.08. The number of halogens is 1. The number of amides is 2. The quantitative estimate of drug-likeness (QED) is 0.700. The Labute approximate surface area is 146 Å². The molecule has 0 aliphatic heterocycles. The van der Waals surface area contributed by atoms with Gasteiger partial charge in [0.15, 0.2) is 0 Å². The van der Waals surface area contributed by atoms with Crippen LogP contribution < -0.4 is 10.6 Å². The number of carbonyl (C=O) groups excluding carboxylic acids is 2. The van der Waals surface area contributed by atoms with Crippen molar-refractivity contribution in [2.75, 3.05) is 5.32 Å². The van der Waals surface area contributed by atoms with Crippen LogP contribution in [0.1, 0.15) is 44.5 Å². The summed E-state index contributed by atoms with van der Waals surface area (Å²) in [4.78, 5) is 35.1. The van der Waals surface area contributed by atoms with Gasteiger partial charge in [0.05, 0.1) is 16.5 Å². The summed E-state index contributed by atoms with van der Waals surface area (Å²) < 4.78 is 0. The lowest BCUT2D eigenvalue weighted by molar-refractivity contribution is -0.141. The minimum absolute atomic E-state index is 0.147. The van der Waals surface area contributed by atoms with Gasteiger partial charge in [-0.3, -0.25) is 14.4 Å². The van der Waals surface area contributed by atoms with E-state index in [2.05, 4.69) is 10.6 Å². The van der Waals surface area contributed by atoms with Gasteiger partial charge in [0, 0.05) is 18.2 Å². The van der Waals surface area contributed by atoms with E-state index in [1.165, 1.54) is 19.1 Å². The molecule has 0 radical (unpaired) electrons. The second-order valence-electron chi connectivity index (χ2n) is 6.23. The minimum atomic E-state index is -0.997. The van der Waals surface area contributed by atoms with E-state index in [-0.39, 0.29) is 22.4 Å². The smallest absolute Gasteiger partial charge is 0.308 e. The zero-order valence-electron chi connectivity index (χ0n) is 14.2. The molecule has 0 spiro atoms. The molecule has 0 fully saturated rings. The molecular weight excluding hydrogens is 332 g/mol. The molecule has 1 aromatic carbocycles. The van der Waals surface area contributed by atoms with E-state index in [9.17, 15) is 14.4 Å². The number of rotatable bonds is 7. The lowest BCUT2D eigenvalue weighted by atomic mass is 10.0. The van der Waals surface area contributed by atoms with Gasteiger partial charge in [-0.05, 0) is 38.0 Å². The van der Waals surface area contributed by atoms with Gasteiger partial charge in [0.1, 0.15) is 0 Å². The van der Waals surface area contributed by atoms with Crippen molar-refractivity contribution in [3.8, 4) is 0 Å². The molecule has 0 aliphatic rings. The van der Waals surface area contributed by atoms with Gasteiger partial charge in [0.25, 0.3) is 5.91 Å². The average molecular weight is 355 g/mol. The third kappa shape index (κ3) is 5.85. The average Bonchev–Trinajstić information content (AvgIpc) is 2.47. The zero-order valence-corrected chi connectivity index (χ0v) is 15.0. The van der Waals surface area contributed by atoms with Crippen LogP contribution in [-0.4, -0.2) is 28.9 Å². The van der Waals surface area contributed by atoms with Crippen molar-refractivity contribution < 1.29 is 19.5 Å². The van der Waals surface area contributed by atoms with Crippen molar-refractivity contribution in [1.29, 1.82) is 0 Å². The number of hydrogen-bond acceptors (Lipinski definition) is 3. The van der Waals surface area contributed by atoms with Crippen LogP contribution in [0.15, 0.2) is 18.2 Å². The van der Waals surface area contributed by atoms with Crippen LogP contribution in [0.25, 0.3) is 0 Å². The Morgan fingerprint density at radius 1 is 1.17 bits per heavy atom. The van der Waals surface area contributed by atoms with E-state index in [4.69, 9.17) is 16.7 Å². The van der Waals surface area contributed by atoms with Crippen LogP contribution in [0, 0.1) is 11.8 Å². The number of carboxylic acids is 1. The molecule has 2 atom stereocenters. The maximum Gasteiger partial charge on any atom is 0.308 e. The summed E-state index contributed by atoms with van der Waals surface area (Å²) in [5.74, 6) is -2.14. The topological polar surface area (TPSA) is 95.5 Å². The van der Waals surface area contributed by atoms with Crippen LogP contribution in [0.4, 0.5) is 5.69 Å². The third-order valence-corrected chi connectivity index (χ3v) is 3.92. The van der Waals surface area contributed by atoms with Crippen LogP contribution >= 0.6 is 11.6 Å². The number of carboxylic acid groups (broad SMARTS) is 1. The number of aliphatic carboxylic acids is 1. The van der Waals surface area contributed by atoms with Crippen molar-refractivity contribution >= 4 is 35.1 Å². The van der Waals surface area contributed by atoms with Crippen LogP contribution in [0.5, 0.6) is 0 Å². The molecule has 0 aromatic heterocycles. The number of carbonyl (C=O) groups is 3. The first kappa shape index (κ1) is 20.0. The highest BCUT2D eigenvalue weighted by molar-refractivity contribution is 6.34. The van der Waals surface area contributed by atoms with Gasteiger partial charge in [-0.15, -0.1) is 0 Å². The first-order valence-corrected chi connectivity index (χ1v) is 8.12. The predicted molar refractivity (Wildman–Crippen MR) is 93.3 cm³/mol. The monoisotopic (exact) mass is 354 g/mol. The van der Waals surface area contributed by atoms with E-state index in [1.807, 2.05) is 13.8 Å². The fourth-order valence-electron chi connectivity index (χ4n) is 1.98. The maximum absolute atomic E-state index is 12.3. The number of anilines is 1. The number of benzene rings is 1. The SMILES string of the molecule is CC(C)CC(=O)Nc1ccc(Cl)c(C(=O)NC(C)C(C)C(=O)O)c1. The standard InChI is InChI=1S/C17H23ClN2O4/c1-9(2)7-15(21)20-12-5-6-14(18)13(8-12)16(22)19-11(4)10(3)17(23)24/h5-6,8-11H,7H2,1-4H3,(H,19,22)(H,20,21)(H,23,24). The molecule has 1 aromatic rings. The largest absolute Gasteiger partial charge is 0.481 e. The van der Waals surface area contributed by atoms with Crippen LogP contribution in [0.3, 0.4) is 0 Å². The van der Waals surface area contributed by atoms with Gasteiger partial charge in [0.2, 0.25) is 5.91 Å². The summed E-state index contributed by atoms with van der Waals surface area (Å²) in [5, 5.41) is 14.5. The molecule has 7 heteroatoms. The van der Waals surface area contributed by atoms with Crippen LogP contribution in [0.2, 0.25) is 5.02 Å². The Morgan fingerprint density at radius 2 is 1.79 bits per heavy atom. The van der Waals surface area contributed by atoms with E-state index in [0.29, 0.717) is 12.1 Å². The highest BCUT2D eigenvalue weighted by Crippen LogP contribution is 2.21. The molecule has 2 unspecified atom stereocenters. The first-order valence-electron chi connectivity index (χ1n) is 7.74. The summed E-state index contributed by atoms with van der Waals surface area (Å²) in [6, 6.07) is 4.05. The van der Waals surface area contributed by atoms with E-state index in [0.717, 1.165) is 0 Å².